The number of alkyl halides is 1. The molecule has 6 nitrogen and oxygen atoms in total. The number of hydrogen-bond donors (Lipinski definition) is 1. The molecule has 24 heavy (non-hydrogen) atoms. The van der Waals surface area contributed by atoms with E-state index in [4.69, 9.17) is 16.3 Å². The molecule has 0 aliphatic rings. The van der Waals surface area contributed by atoms with Crippen molar-refractivity contribution in [1.82, 2.24) is 14.8 Å². The molecule has 0 aromatic carbocycles. The van der Waals surface area contributed by atoms with Gasteiger partial charge in [0.2, 0.25) is 0 Å². The van der Waals surface area contributed by atoms with Crippen LogP contribution in [0.1, 0.15) is 46.1 Å². The second kappa shape index (κ2) is 12.0. The molecule has 1 aromatic rings. The van der Waals surface area contributed by atoms with Crippen molar-refractivity contribution in [3.63, 3.8) is 0 Å². The lowest BCUT2D eigenvalue weighted by atomic mass is 9.97. The summed E-state index contributed by atoms with van der Waals surface area (Å²) in [4.78, 5) is 8.26. The minimum absolute atomic E-state index is 0.0811. The van der Waals surface area contributed by atoms with Gasteiger partial charge in [0.1, 0.15) is 12.7 Å². The lowest BCUT2D eigenvalue weighted by Gasteiger charge is -2.24. The molecule has 1 rings (SSSR count). The fourth-order valence-corrected chi connectivity index (χ4v) is 2.53. The van der Waals surface area contributed by atoms with Crippen LogP contribution in [-0.2, 0) is 4.74 Å². The Hall–Kier alpha value is -1.40. The first-order valence-corrected chi connectivity index (χ1v) is 8.95. The summed E-state index contributed by atoms with van der Waals surface area (Å²) in [5, 5.41) is 14.6. The van der Waals surface area contributed by atoms with Crippen molar-refractivity contribution in [2.45, 2.75) is 52.2 Å². The molecule has 2 unspecified atom stereocenters. The third kappa shape index (κ3) is 8.45. The molecule has 0 radical (unpaired) electrons. The number of ether oxygens (including phenoxy) is 1. The number of hydrogen-bond acceptors (Lipinski definition) is 5. The summed E-state index contributed by atoms with van der Waals surface area (Å²) >= 11 is 5.55. The van der Waals surface area contributed by atoms with Crippen LogP contribution in [0.4, 0.5) is 0 Å². The maximum atomic E-state index is 10.5. The van der Waals surface area contributed by atoms with Gasteiger partial charge in [-0.1, -0.05) is 26.0 Å². The Morgan fingerprint density at radius 3 is 2.83 bits per heavy atom. The monoisotopic (exact) mass is 356 g/mol. The van der Waals surface area contributed by atoms with Gasteiger partial charge in [0.25, 0.3) is 0 Å². The molecule has 0 spiro atoms. The molecule has 136 valence electrons. The van der Waals surface area contributed by atoms with Gasteiger partial charge in [-0.2, -0.15) is 5.10 Å². The molecule has 1 heterocycles. The summed E-state index contributed by atoms with van der Waals surface area (Å²) in [5.74, 6) is 1.59. The summed E-state index contributed by atoms with van der Waals surface area (Å²) in [7, 11) is 0. The van der Waals surface area contributed by atoms with Crippen LogP contribution in [0.3, 0.4) is 0 Å². The highest BCUT2D eigenvalue weighted by Crippen LogP contribution is 2.22. The zero-order valence-electron chi connectivity index (χ0n) is 14.8. The van der Waals surface area contributed by atoms with Gasteiger partial charge in [-0.15, -0.1) is 11.6 Å². The van der Waals surface area contributed by atoms with Gasteiger partial charge in [-0.05, 0) is 25.2 Å². The SMILES string of the molecule is CC(=NC/C=C\CCl)OCCCC(C(O)CC(C)C)n1cncn1. The van der Waals surface area contributed by atoms with Crippen molar-refractivity contribution in [1.29, 1.82) is 0 Å². The van der Waals surface area contributed by atoms with E-state index < -0.39 is 6.10 Å². The van der Waals surface area contributed by atoms with Crippen LogP contribution in [0.2, 0.25) is 0 Å². The first-order valence-electron chi connectivity index (χ1n) is 8.41. The molecular formula is C17H29ClN4O2. The normalized spacial score (nSPS) is 15.2. The molecule has 0 saturated heterocycles. The van der Waals surface area contributed by atoms with E-state index in [0.29, 0.717) is 30.8 Å². The van der Waals surface area contributed by atoms with Crippen molar-refractivity contribution >= 4 is 17.5 Å². The van der Waals surface area contributed by atoms with Crippen molar-refractivity contribution in [2.75, 3.05) is 19.0 Å². The molecule has 2 atom stereocenters. The third-order valence-corrected chi connectivity index (χ3v) is 3.74. The van der Waals surface area contributed by atoms with E-state index in [1.807, 2.05) is 19.1 Å². The van der Waals surface area contributed by atoms with E-state index in [9.17, 15) is 5.11 Å². The topological polar surface area (TPSA) is 72.5 Å². The van der Waals surface area contributed by atoms with Crippen LogP contribution < -0.4 is 0 Å². The van der Waals surface area contributed by atoms with Gasteiger partial charge in [0.05, 0.1) is 25.3 Å². The lowest BCUT2D eigenvalue weighted by molar-refractivity contribution is 0.0770. The number of aliphatic imine (C=N–C) groups is 1. The van der Waals surface area contributed by atoms with Crippen LogP contribution in [-0.4, -0.2) is 50.9 Å². The Morgan fingerprint density at radius 1 is 1.42 bits per heavy atom. The number of nitrogens with zero attached hydrogens (tertiary/aromatic N) is 4. The van der Waals surface area contributed by atoms with Gasteiger partial charge in [-0.3, -0.25) is 4.99 Å². The molecule has 1 aromatic heterocycles. The van der Waals surface area contributed by atoms with E-state index in [-0.39, 0.29) is 6.04 Å². The fraction of sp³-hybridized carbons (Fsp3) is 0.706. The molecular weight excluding hydrogens is 328 g/mol. The van der Waals surface area contributed by atoms with Gasteiger partial charge in [0, 0.05) is 12.8 Å². The number of halogens is 1. The predicted molar refractivity (Wildman–Crippen MR) is 97.5 cm³/mol. The lowest BCUT2D eigenvalue weighted by Crippen LogP contribution is -2.26. The zero-order chi connectivity index (χ0) is 17.8. The number of aliphatic hydroxyl groups is 1. The Morgan fingerprint density at radius 2 is 2.21 bits per heavy atom. The minimum Gasteiger partial charge on any atom is -0.481 e. The Bertz CT molecular complexity index is 489. The zero-order valence-corrected chi connectivity index (χ0v) is 15.6. The van der Waals surface area contributed by atoms with E-state index in [1.54, 1.807) is 11.0 Å². The minimum atomic E-state index is -0.442. The standard InChI is InChI=1S/C17H29ClN4O2/c1-14(2)11-17(23)16(22-13-19-12-21-22)7-6-10-24-15(3)20-9-5-4-8-18/h4-5,12-14,16-17,23H,6-11H2,1-3H3/b5-4-,20-15?. The second-order valence-electron chi connectivity index (χ2n) is 6.12. The van der Waals surface area contributed by atoms with E-state index in [2.05, 4.69) is 28.9 Å². The largest absolute Gasteiger partial charge is 0.481 e. The Balaban J connectivity index is 2.41. The fourth-order valence-electron chi connectivity index (χ4n) is 2.41. The van der Waals surface area contributed by atoms with Crippen molar-refractivity contribution in [3.05, 3.63) is 24.8 Å². The number of aliphatic hydroxyl groups excluding tert-OH is 1. The third-order valence-electron chi connectivity index (χ3n) is 3.56. The van der Waals surface area contributed by atoms with Gasteiger partial charge in [-0.25, -0.2) is 9.67 Å². The van der Waals surface area contributed by atoms with Crippen LogP contribution >= 0.6 is 11.6 Å². The summed E-state index contributed by atoms with van der Waals surface area (Å²) in [6, 6.07) is -0.0811. The maximum absolute atomic E-state index is 10.5. The number of aromatic nitrogens is 3. The molecule has 0 aliphatic heterocycles. The van der Waals surface area contributed by atoms with Gasteiger partial charge >= 0.3 is 0 Å². The molecule has 0 amide bonds. The summed E-state index contributed by atoms with van der Waals surface area (Å²) in [6.45, 7) is 7.19. The average molecular weight is 357 g/mol. The number of allylic oxidation sites excluding steroid dienone is 1. The van der Waals surface area contributed by atoms with E-state index in [1.165, 1.54) is 6.33 Å². The molecule has 1 N–H and O–H groups in total. The van der Waals surface area contributed by atoms with Crippen LogP contribution in [0.5, 0.6) is 0 Å². The molecule has 0 fully saturated rings. The van der Waals surface area contributed by atoms with E-state index in [0.717, 1.165) is 19.3 Å². The maximum Gasteiger partial charge on any atom is 0.180 e. The molecule has 0 bridgehead atoms. The molecule has 7 heteroatoms. The highest BCUT2D eigenvalue weighted by atomic mass is 35.5. The van der Waals surface area contributed by atoms with Crippen LogP contribution in [0.15, 0.2) is 29.8 Å². The summed E-state index contributed by atoms with van der Waals surface area (Å²) in [6.07, 6.45) is 8.79. The Labute approximate surface area is 149 Å². The molecule has 0 aliphatic carbocycles. The Kier molecular flexibility index (Phi) is 10.4. The van der Waals surface area contributed by atoms with Gasteiger partial charge < -0.3 is 9.84 Å². The van der Waals surface area contributed by atoms with Crippen molar-refractivity contribution < 1.29 is 9.84 Å². The summed E-state index contributed by atoms with van der Waals surface area (Å²) in [5.41, 5.74) is 0. The van der Waals surface area contributed by atoms with Crippen LogP contribution in [0, 0.1) is 5.92 Å². The van der Waals surface area contributed by atoms with Crippen molar-refractivity contribution in [3.8, 4) is 0 Å². The average Bonchev–Trinajstić information content (AvgIpc) is 3.04. The smallest absolute Gasteiger partial charge is 0.180 e. The molecule has 0 saturated carbocycles. The first-order chi connectivity index (χ1) is 11.5. The van der Waals surface area contributed by atoms with Crippen molar-refractivity contribution in [2.24, 2.45) is 10.9 Å². The predicted octanol–water partition coefficient (Wildman–Crippen LogP) is 3.24. The second-order valence-corrected chi connectivity index (χ2v) is 6.42. The van der Waals surface area contributed by atoms with Gasteiger partial charge in [0.15, 0.2) is 5.90 Å². The van der Waals surface area contributed by atoms with Crippen LogP contribution in [0.25, 0.3) is 0 Å². The van der Waals surface area contributed by atoms with E-state index >= 15 is 0 Å². The highest BCUT2D eigenvalue weighted by Gasteiger charge is 2.22. The summed E-state index contributed by atoms with van der Waals surface area (Å²) < 4.78 is 7.35. The number of rotatable bonds is 11. The first kappa shape index (κ1) is 20.6. The quantitative estimate of drug-likeness (QED) is 0.217. The highest BCUT2D eigenvalue weighted by molar-refractivity contribution is 6.18.